The molecule has 0 unspecified atom stereocenters. The highest BCUT2D eigenvalue weighted by atomic mass is 35.5. The summed E-state index contributed by atoms with van der Waals surface area (Å²) in [7, 11) is 0. The number of halogens is 1. The molecule has 1 aliphatic heterocycles. The Balaban J connectivity index is 1.37. The average Bonchev–Trinajstić information content (AvgIpc) is 3.37. The van der Waals surface area contributed by atoms with Gasteiger partial charge in [0.15, 0.2) is 0 Å². The lowest BCUT2D eigenvalue weighted by Gasteiger charge is -2.26. The number of nitrogens with one attached hydrogen (secondary N) is 1. The van der Waals surface area contributed by atoms with Crippen LogP contribution in [0.15, 0.2) is 54.9 Å². The second-order valence-electron chi connectivity index (χ2n) is 7.28. The van der Waals surface area contributed by atoms with Gasteiger partial charge in [0.25, 0.3) is 5.91 Å². The number of fused-ring (bicyclic) bond motifs is 1. The van der Waals surface area contributed by atoms with E-state index in [1.54, 1.807) is 6.20 Å². The maximum Gasteiger partial charge on any atom is 0.266 e. The van der Waals surface area contributed by atoms with Gasteiger partial charge in [-0.1, -0.05) is 29.8 Å². The Morgan fingerprint density at radius 2 is 2.17 bits per heavy atom. The summed E-state index contributed by atoms with van der Waals surface area (Å²) in [5, 5.41) is 2.60. The van der Waals surface area contributed by atoms with Crippen LogP contribution in [-0.2, 0) is 0 Å². The summed E-state index contributed by atoms with van der Waals surface area (Å²) in [6.45, 7) is 3.16. The third-order valence-corrected chi connectivity index (χ3v) is 6.79. The smallest absolute Gasteiger partial charge is 0.266 e. The lowest BCUT2D eigenvalue weighted by Crippen LogP contribution is -2.34. The number of amides is 1. The van der Waals surface area contributed by atoms with Gasteiger partial charge in [-0.25, -0.2) is 9.97 Å². The number of H-pyrrole nitrogens is 1. The van der Waals surface area contributed by atoms with Crippen molar-refractivity contribution in [2.75, 3.05) is 13.1 Å². The zero-order valence-corrected chi connectivity index (χ0v) is 17.9. The van der Waals surface area contributed by atoms with Gasteiger partial charge in [0.05, 0.1) is 5.69 Å². The topological polar surface area (TPSA) is 61.9 Å². The number of aromatic amines is 1. The van der Waals surface area contributed by atoms with Crippen molar-refractivity contribution in [3.05, 3.63) is 76.0 Å². The quantitative estimate of drug-likeness (QED) is 0.458. The highest BCUT2D eigenvalue weighted by Crippen LogP contribution is 2.32. The molecule has 0 saturated heterocycles. The molecule has 30 heavy (non-hydrogen) atoms. The van der Waals surface area contributed by atoms with Crippen LogP contribution in [0.2, 0.25) is 5.02 Å². The summed E-state index contributed by atoms with van der Waals surface area (Å²) in [5.74, 6) is 0.0363. The number of nitrogens with zero attached hydrogens (tertiary/aromatic N) is 3. The molecule has 150 valence electrons. The fourth-order valence-electron chi connectivity index (χ4n) is 3.80. The van der Waals surface area contributed by atoms with Crippen molar-refractivity contribution in [1.82, 2.24) is 19.9 Å². The number of aryl methyl sites for hydroxylation is 1. The van der Waals surface area contributed by atoms with E-state index in [1.165, 1.54) is 22.5 Å². The van der Waals surface area contributed by atoms with Crippen molar-refractivity contribution < 1.29 is 4.79 Å². The monoisotopic (exact) mass is 434 g/mol. The van der Waals surface area contributed by atoms with Gasteiger partial charge >= 0.3 is 0 Å². The number of carbonyl (C=O) groups excluding carboxylic acids is 1. The first kappa shape index (κ1) is 19.0. The van der Waals surface area contributed by atoms with Crippen LogP contribution in [0.5, 0.6) is 0 Å². The van der Waals surface area contributed by atoms with Crippen molar-refractivity contribution in [1.29, 1.82) is 0 Å². The zero-order chi connectivity index (χ0) is 20.7. The molecule has 4 aromatic rings. The summed E-state index contributed by atoms with van der Waals surface area (Å²) in [6.07, 6.45) is 6.75. The molecule has 5 nitrogen and oxygen atoms in total. The highest BCUT2D eigenvalue weighted by Gasteiger charge is 2.24. The predicted molar refractivity (Wildman–Crippen MR) is 122 cm³/mol. The van der Waals surface area contributed by atoms with E-state index in [-0.39, 0.29) is 5.91 Å². The van der Waals surface area contributed by atoms with Gasteiger partial charge in [-0.2, -0.15) is 0 Å². The Bertz CT molecular complexity index is 1290. The normalized spacial score (nSPS) is 14.2. The van der Waals surface area contributed by atoms with Gasteiger partial charge in [-0.05, 0) is 43.2 Å². The van der Waals surface area contributed by atoms with Gasteiger partial charge in [-0.15, -0.1) is 11.3 Å². The van der Waals surface area contributed by atoms with Gasteiger partial charge in [0.1, 0.15) is 15.5 Å². The first-order valence-electron chi connectivity index (χ1n) is 9.74. The Hall–Kier alpha value is -2.96. The largest absolute Gasteiger partial charge is 0.346 e. The van der Waals surface area contributed by atoms with E-state index < -0.39 is 0 Å². The van der Waals surface area contributed by atoms with Crippen LogP contribution in [0.3, 0.4) is 0 Å². The van der Waals surface area contributed by atoms with Crippen molar-refractivity contribution in [3.8, 4) is 10.6 Å². The van der Waals surface area contributed by atoms with E-state index >= 15 is 0 Å². The molecule has 4 heterocycles. The standard InChI is InChI=1S/C23H19ClN4OS/c1-14-20(30-22(27-14)16-4-2-5-17(24)12-16)23(29)28-10-7-15(8-11-28)19-13-26-21-18(19)6-3-9-25-21/h2-7,9,12-13H,8,10-11H2,1H3,(H,25,26). The van der Waals surface area contributed by atoms with Gasteiger partial charge in [0.2, 0.25) is 0 Å². The molecule has 5 rings (SSSR count). The first-order chi connectivity index (χ1) is 14.6. The summed E-state index contributed by atoms with van der Waals surface area (Å²) in [5.41, 5.74) is 5.00. The van der Waals surface area contributed by atoms with Crippen LogP contribution in [0, 0.1) is 6.92 Å². The molecule has 1 amide bonds. The molecule has 0 bridgehead atoms. The van der Waals surface area contributed by atoms with Gasteiger partial charge in [-0.3, -0.25) is 4.79 Å². The molecule has 0 spiro atoms. The third-order valence-electron chi connectivity index (χ3n) is 5.36. The highest BCUT2D eigenvalue weighted by molar-refractivity contribution is 7.17. The molecule has 0 radical (unpaired) electrons. The number of benzene rings is 1. The van der Waals surface area contributed by atoms with Crippen LogP contribution in [0.1, 0.15) is 27.3 Å². The SMILES string of the molecule is Cc1nc(-c2cccc(Cl)c2)sc1C(=O)N1CC=C(c2c[nH]c3ncccc23)CC1. The molecule has 0 fully saturated rings. The van der Waals surface area contributed by atoms with Crippen molar-refractivity contribution in [2.45, 2.75) is 13.3 Å². The van der Waals surface area contributed by atoms with Gasteiger partial charge < -0.3 is 9.88 Å². The number of thiazole rings is 1. The minimum absolute atomic E-state index is 0.0363. The molecule has 1 aromatic carbocycles. The van der Waals surface area contributed by atoms with Gasteiger partial charge in [0, 0.05) is 47.0 Å². The van der Waals surface area contributed by atoms with E-state index in [4.69, 9.17) is 11.6 Å². The Morgan fingerprint density at radius 1 is 1.27 bits per heavy atom. The lowest BCUT2D eigenvalue weighted by atomic mass is 9.99. The van der Waals surface area contributed by atoms with E-state index in [9.17, 15) is 4.79 Å². The van der Waals surface area contributed by atoms with E-state index in [1.807, 2.05) is 48.4 Å². The van der Waals surface area contributed by atoms with Crippen LogP contribution in [-0.4, -0.2) is 38.8 Å². The Labute approximate surface area is 183 Å². The molecule has 3 aromatic heterocycles. The maximum atomic E-state index is 13.2. The lowest BCUT2D eigenvalue weighted by molar-refractivity contribution is 0.0777. The van der Waals surface area contributed by atoms with Crippen LogP contribution < -0.4 is 0 Å². The average molecular weight is 435 g/mol. The first-order valence-corrected chi connectivity index (χ1v) is 10.9. The molecule has 0 aliphatic carbocycles. The minimum Gasteiger partial charge on any atom is -0.346 e. The van der Waals surface area contributed by atoms with E-state index in [0.717, 1.165) is 33.7 Å². The van der Waals surface area contributed by atoms with E-state index in [0.29, 0.717) is 23.0 Å². The van der Waals surface area contributed by atoms with Crippen molar-refractivity contribution >= 4 is 45.5 Å². The molecule has 1 N–H and O–H groups in total. The molecule has 1 aliphatic rings. The second kappa shape index (κ2) is 7.70. The molecular weight excluding hydrogens is 416 g/mol. The molecule has 0 saturated carbocycles. The number of rotatable bonds is 3. The minimum atomic E-state index is 0.0363. The van der Waals surface area contributed by atoms with E-state index in [2.05, 4.69) is 27.1 Å². The maximum absolute atomic E-state index is 13.2. The zero-order valence-electron chi connectivity index (χ0n) is 16.4. The van der Waals surface area contributed by atoms with Crippen LogP contribution >= 0.6 is 22.9 Å². The molecule has 0 atom stereocenters. The summed E-state index contributed by atoms with van der Waals surface area (Å²) in [6, 6.07) is 11.6. The summed E-state index contributed by atoms with van der Waals surface area (Å²) in [4.78, 5) is 27.9. The fraction of sp³-hybridized carbons (Fsp3) is 0.174. The number of pyridine rings is 1. The van der Waals surface area contributed by atoms with Crippen molar-refractivity contribution in [2.24, 2.45) is 0 Å². The fourth-order valence-corrected chi connectivity index (χ4v) is 5.02. The third kappa shape index (κ3) is 3.42. The Morgan fingerprint density at radius 3 is 2.97 bits per heavy atom. The summed E-state index contributed by atoms with van der Waals surface area (Å²) < 4.78 is 0. The molecular formula is C23H19ClN4OS. The number of carbonyl (C=O) groups is 1. The number of hydrogen-bond donors (Lipinski definition) is 1. The second-order valence-corrected chi connectivity index (χ2v) is 8.71. The van der Waals surface area contributed by atoms with Crippen LogP contribution in [0.25, 0.3) is 27.2 Å². The number of aromatic nitrogens is 3. The Kier molecular flexibility index (Phi) is 4.89. The van der Waals surface area contributed by atoms with Crippen molar-refractivity contribution in [3.63, 3.8) is 0 Å². The van der Waals surface area contributed by atoms with Crippen LogP contribution in [0.4, 0.5) is 0 Å². The number of hydrogen-bond acceptors (Lipinski definition) is 4. The predicted octanol–water partition coefficient (Wildman–Crippen LogP) is 5.58. The summed E-state index contributed by atoms with van der Waals surface area (Å²) >= 11 is 7.54. The molecule has 7 heteroatoms.